The van der Waals surface area contributed by atoms with E-state index in [0.717, 1.165) is 11.1 Å². The summed E-state index contributed by atoms with van der Waals surface area (Å²) < 4.78 is 17.0. The number of aryl methyl sites for hydroxylation is 2. The van der Waals surface area contributed by atoms with Gasteiger partial charge >= 0.3 is 5.97 Å². The Balaban J connectivity index is 2.11. The van der Waals surface area contributed by atoms with Gasteiger partial charge in [0.05, 0.1) is 21.3 Å². The average Bonchev–Trinajstić information content (AvgIpc) is 2.57. The number of carbonyl (C=O) groups excluding carboxylic acids is 2. The fraction of sp³-hybridized carbons (Fsp3) is 0.263. The second-order valence-electron chi connectivity index (χ2n) is 5.75. The van der Waals surface area contributed by atoms with E-state index in [4.69, 9.17) is 4.74 Å². The van der Waals surface area contributed by atoms with E-state index in [1.165, 1.54) is 19.2 Å². The Bertz CT molecular complexity index is 812. The monoisotopic (exact) mass is 359 g/mol. The molecule has 0 radical (unpaired) electrons. The molecule has 0 aliphatic carbocycles. The Hall–Kier alpha value is -2.47. The zero-order valence-corrected chi connectivity index (χ0v) is 15.5. The Labute approximate surface area is 149 Å². The Morgan fingerprint density at radius 3 is 2.24 bits per heavy atom. The minimum Gasteiger partial charge on any atom is -0.449 e. The average molecular weight is 359 g/mol. The van der Waals surface area contributed by atoms with Crippen LogP contribution in [0.1, 0.15) is 28.4 Å². The van der Waals surface area contributed by atoms with Crippen molar-refractivity contribution in [2.45, 2.75) is 31.8 Å². The van der Waals surface area contributed by atoms with Crippen LogP contribution in [-0.2, 0) is 20.3 Å². The Morgan fingerprint density at radius 2 is 1.64 bits per heavy atom. The normalized spacial score (nSPS) is 13.0. The van der Waals surface area contributed by atoms with E-state index in [1.54, 1.807) is 18.2 Å². The molecule has 0 aromatic heterocycles. The van der Waals surface area contributed by atoms with Crippen LogP contribution in [0.25, 0.3) is 0 Å². The lowest BCUT2D eigenvalue weighted by Gasteiger charge is -2.16. The summed E-state index contributed by atoms with van der Waals surface area (Å²) in [5.74, 6) is -1.09. The SMILES string of the molecule is Cc1cccc(C)c1NC(=O)[C@@H](C)OC(=O)c1ccccc1[S@@](C)=O. The van der Waals surface area contributed by atoms with Crippen molar-refractivity contribution in [3.05, 3.63) is 59.2 Å². The molecule has 0 unspecified atom stereocenters. The second-order valence-corrected chi connectivity index (χ2v) is 7.10. The predicted molar refractivity (Wildman–Crippen MR) is 98.2 cm³/mol. The maximum absolute atomic E-state index is 12.4. The lowest BCUT2D eigenvalue weighted by Crippen LogP contribution is -2.30. The van der Waals surface area contributed by atoms with Gasteiger partial charge in [-0.3, -0.25) is 9.00 Å². The maximum atomic E-state index is 12.4. The number of hydrogen-bond acceptors (Lipinski definition) is 4. The number of hydrogen-bond donors (Lipinski definition) is 1. The molecular weight excluding hydrogens is 338 g/mol. The van der Waals surface area contributed by atoms with Crippen LogP contribution >= 0.6 is 0 Å². The van der Waals surface area contributed by atoms with E-state index in [1.807, 2.05) is 32.0 Å². The van der Waals surface area contributed by atoms with Crippen molar-refractivity contribution in [3.63, 3.8) is 0 Å². The first-order chi connectivity index (χ1) is 11.8. The highest BCUT2D eigenvalue weighted by molar-refractivity contribution is 7.84. The fourth-order valence-electron chi connectivity index (χ4n) is 2.40. The molecule has 1 N–H and O–H groups in total. The van der Waals surface area contributed by atoms with Crippen LogP contribution in [0.2, 0.25) is 0 Å². The minimum absolute atomic E-state index is 0.204. The van der Waals surface area contributed by atoms with Crippen molar-refractivity contribution >= 4 is 28.4 Å². The van der Waals surface area contributed by atoms with Gasteiger partial charge in [0.2, 0.25) is 0 Å². The first-order valence-corrected chi connectivity index (χ1v) is 9.37. The molecule has 5 nitrogen and oxygen atoms in total. The van der Waals surface area contributed by atoms with Gasteiger partial charge in [-0.15, -0.1) is 0 Å². The first kappa shape index (κ1) is 18.9. The summed E-state index contributed by atoms with van der Waals surface area (Å²) in [5.41, 5.74) is 2.78. The number of para-hydroxylation sites is 1. The number of carbonyl (C=O) groups is 2. The zero-order chi connectivity index (χ0) is 18.6. The number of rotatable bonds is 5. The fourth-order valence-corrected chi connectivity index (χ4v) is 3.13. The summed E-state index contributed by atoms with van der Waals surface area (Å²) in [6.07, 6.45) is 0.508. The van der Waals surface area contributed by atoms with E-state index < -0.39 is 28.8 Å². The molecule has 0 saturated heterocycles. The lowest BCUT2D eigenvalue weighted by atomic mass is 10.1. The Kier molecular flexibility index (Phi) is 6.09. The molecule has 0 aliphatic rings. The third kappa shape index (κ3) is 4.54. The van der Waals surface area contributed by atoms with Crippen LogP contribution in [-0.4, -0.2) is 28.4 Å². The molecule has 2 aromatic carbocycles. The highest BCUT2D eigenvalue weighted by Gasteiger charge is 2.22. The van der Waals surface area contributed by atoms with Gasteiger partial charge in [-0.1, -0.05) is 30.3 Å². The van der Waals surface area contributed by atoms with E-state index in [0.29, 0.717) is 10.6 Å². The molecule has 132 valence electrons. The highest BCUT2D eigenvalue weighted by Crippen LogP contribution is 2.20. The number of nitrogens with one attached hydrogen (secondary N) is 1. The van der Waals surface area contributed by atoms with Crippen molar-refractivity contribution in [2.24, 2.45) is 0 Å². The number of amides is 1. The molecule has 0 aliphatic heterocycles. The van der Waals surface area contributed by atoms with Crippen LogP contribution in [0.3, 0.4) is 0 Å². The smallest absolute Gasteiger partial charge is 0.340 e. The molecule has 25 heavy (non-hydrogen) atoms. The minimum atomic E-state index is -1.33. The summed E-state index contributed by atoms with van der Waals surface area (Å²) in [7, 11) is -1.33. The van der Waals surface area contributed by atoms with E-state index in [2.05, 4.69) is 5.32 Å². The van der Waals surface area contributed by atoms with Gasteiger partial charge in [-0.25, -0.2) is 4.79 Å². The van der Waals surface area contributed by atoms with Crippen LogP contribution in [0.4, 0.5) is 5.69 Å². The van der Waals surface area contributed by atoms with Crippen molar-refractivity contribution in [1.29, 1.82) is 0 Å². The molecule has 1 amide bonds. The summed E-state index contributed by atoms with van der Waals surface area (Å²) in [6, 6.07) is 12.2. The van der Waals surface area contributed by atoms with Crippen molar-refractivity contribution < 1.29 is 18.5 Å². The van der Waals surface area contributed by atoms with Crippen molar-refractivity contribution in [2.75, 3.05) is 11.6 Å². The molecule has 6 heteroatoms. The highest BCUT2D eigenvalue weighted by atomic mass is 32.2. The third-order valence-electron chi connectivity index (χ3n) is 3.80. The van der Waals surface area contributed by atoms with Crippen LogP contribution in [0, 0.1) is 13.8 Å². The van der Waals surface area contributed by atoms with Gasteiger partial charge in [0.25, 0.3) is 5.91 Å². The maximum Gasteiger partial charge on any atom is 0.340 e. The molecular formula is C19H21NO4S. The third-order valence-corrected chi connectivity index (χ3v) is 4.77. The molecule has 2 rings (SSSR count). The number of esters is 1. The molecule has 0 bridgehead atoms. The van der Waals surface area contributed by atoms with Crippen LogP contribution < -0.4 is 5.32 Å². The second kappa shape index (κ2) is 8.07. The number of anilines is 1. The molecule has 0 heterocycles. The van der Waals surface area contributed by atoms with Crippen molar-refractivity contribution in [3.8, 4) is 0 Å². The number of ether oxygens (including phenoxy) is 1. The van der Waals surface area contributed by atoms with Gasteiger partial charge in [-0.2, -0.15) is 0 Å². The van der Waals surface area contributed by atoms with E-state index >= 15 is 0 Å². The van der Waals surface area contributed by atoms with E-state index in [-0.39, 0.29) is 5.56 Å². The molecule has 0 saturated carbocycles. The van der Waals surface area contributed by atoms with E-state index in [9.17, 15) is 13.8 Å². The molecule has 0 fully saturated rings. The summed E-state index contributed by atoms with van der Waals surface area (Å²) in [5, 5.41) is 2.80. The van der Waals surface area contributed by atoms with Gasteiger partial charge in [0, 0.05) is 11.9 Å². The molecule has 2 aromatic rings. The standard InChI is InChI=1S/C19H21NO4S/c1-12-8-7-9-13(2)17(12)20-18(21)14(3)24-19(22)15-10-5-6-11-16(15)25(4)23/h5-11,14H,1-4H3,(H,20,21)/t14-,25-/m1/s1. The number of benzene rings is 2. The predicted octanol–water partition coefficient (Wildman–Crippen LogP) is 3.22. The largest absolute Gasteiger partial charge is 0.449 e. The molecule has 2 atom stereocenters. The first-order valence-electron chi connectivity index (χ1n) is 7.81. The van der Waals surface area contributed by atoms with Gasteiger partial charge in [-0.05, 0) is 44.0 Å². The summed E-state index contributed by atoms with van der Waals surface area (Å²) in [6.45, 7) is 5.30. The van der Waals surface area contributed by atoms with Gasteiger partial charge in [0.15, 0.2) is 6.10 Å². The Morgan fingerprint density at radius 1 is 1.04 bits per heavy atom. The topological polar surface area (TPSA) is 72.5 Å². The zero-order valence-electron chi connectivity index (χ0n) is 14.7. The quantitative estimate of drug-likeness (QED) is 0.832. The lowest BCUT2D eigenvalue weighted by molar-refractivity contribution is -0.123. The van der Waals surface area contributed by atoms with Crippen LogP contribution in [0.15, 0.2) is 47.4 Å². The van der Waals surface area contributed by atoms with Gasteiger partial charge in [0.1, 0.15) is 0 Å². The summed E-state index contributed by atoms with van der Waals surface area (Å²) in [4.78, 5) is 25.1. The molecule has 0 spiro atoms. The van der Waals surface area contributed by atoms with Crippen molar-refractivity contribution in [1.82, 2.24) is 0 Å². The van der Waals surface area contributed by atoms with Gasteiger partial charge < -0.3 is 10.1 Å². The summed E-state index contributed by atoms with van der Waals surface area (Å²) >= 11 is 0. The van der Waals surface area contributed by atoms with Crippen LogP contribution in [0.5, 0.6) is 0 Å².